The molecule has 2 rings (SSSR count). The number of benzene rings is 1. The SMILES string of the molecule is CS(=O)(=O)[C@@H]1CCN(C(=O)NCCOCc2ccccc2)C1. The molecule has 6 nitrogen and oxygen atoms in total. The van der Waals surface area contributed by atoms with Gasteiger partial charge in [0.05, 0.1) is 18.5 Å². The van der Waals surface area contributed by atoms with E-state index in [9.17, 15) is 13.2 Å². The second-order valence-corrected chi connectivity index (χ2v) is 7.78. The smallest absolute Gasteiger partial charge is 0.317 e. The highest BCUT2D eigenvalue weighted by molar-refractivity contribution is 7.91. The van der Waals surface area contributed by atoms with Crippen LogP contribution in [0.1, 0.15) is 12.0 Å². The average molecular weight is 326 g/mol. The van der Waals surface area contributed by atoms with Gasteiger partial charge in [-0.25, -0.2) is 13.2 Å². The predicted molar refractivity (Wildman–Crippen MR) is 84.3 cm³/mol. The van der Waals surface area contributed by atoms with Gasteiger partial charge in [-0.3, -0.25) is 0 Å². The van der Waals surface area contributed by atoms with E-state index in [1.165, 1.54) is 6.26 Å². The molecule has 122 valence electrons. The van der Waals surface area contributed by atoms with Crippen LogP contribution in [0.2, 0.25) is 0 Å². The highest BCUT2D eigenvalue weighted by atomic mass is 32.2. The number of amides is 2. The molecule has 1 N–H and O–H groups in total. The summed E-state index contributed by atoms with van der Waals surface area (Å²) in [7, 11) is -3.08. The first-order chi connectivity index (χ1) is 10.5. The van der Waals surface area contributed by atoms with Crippen molar-refractivity contribution in [1.82, 2.24) is 10.2 Å². The van der Waals surface area contributed by atoms with Crippen molar-refractivity contribution in [2.45, 2.75) is 18.3 Å². The van der Waals surface area contributed by atoms with Gasteiger partial charge >= 0.3 is 6.03 Å². The van der Waals surface area contributed by atoms with Crippen molar-refractivity contribution < 1.29 is 17.9 Å². The van der Waals surface area contributed by atoms with Crippen molar-refractivity contribution in [3.63, 3.8) is 0 Å². The quantitative estimate of drug-likeness (QED) is 0.792. The summed E-state index contributed by atoms with van der Waals surface area (Å²) in [4.78, 5) is 13.5. The Kier molecular flexibility index (Phi) is 5.79. The molecule has 1 atom stereocenters. The minimum Gasteiger partial charge on any atom is -0.375 e. The second-order valence-electron chi connectivity index (χ2n) is 5.46. The Bertz CT molecular complexity index is 589. The van der Waals surface area contributed by atoms with Gasteiger partial charge in [0.25, 0.3) is 0 Å². The average Bonchev–Trinajstić information content (AvgIpc) is 2.98. The molecule has 1 aliphatic heterocycles. The molecule has 0 saturated carbocycles. The summed E-state index contributed by atoms with van der Waals surface area (Å²) in [6.07, 6.45) is 1.73. The van der Waals surface area contributed by atoms with Crippen molar-refractivity contribution >= 4 is 15.9 Å². The Morgan fingerprint density at radius 2 is 2.09 bits per heavy atom. The molecular formula is C15H22N2O4S. The minimum atomic E-state index is -3.08. The Balaban J connectivity index is 1.62. The van der Waals surface area contributed by atoms with Crippen LogP contribution in [-0.4, -0.2) is 57.1 Å². The number of hydrogen-bond acceptors (Lipinski definition) is 4. The molecule has 0 unspecified atom stereocenters. The minimum absolute atomic E-state index is 0.227. The Labute approximate surface area is 131 Å². The molecule has 1 saturated heterocycles. The summed E-state index contributed by atoms with van der Waals surface area (Å²) in [5.74, 6) is 0. The molecule has 1 aliphatic rings. The maximum atomic E-state index is 11.9. The van der Waals surface area contributed by atoms with Crippen molar-refractivity contribution in [3.05, 3.63) is 35.9 Å². The Morgan fingerprint density at radius 3 is 2.73 bits per heavy atom. The lowest BCUT2D eigenvalue weighted by Gasteiger charge is -2.17. The number of carbonyl (C=O) groups excluding carboxylic acids is 1. The van der Waals surface area contributed by atoms with Gasteiger partial charge in [-0.05, 0) is 12.0 Å². The maximum absolute atomic E-state index is 11.9. The summed E-state index contributed by atoms with van der Waals surface area (Å²) >= 11 is 0. The standard InChI is InChI=1S/C15H22N2O4S/c1-22(19,20)14-7-9-17(11-14)15(18)16-8-10-21-12-13-5-3-2-4-6-13/h2-6,14H,7-12H2,1H3,(H,16,18)/t14-/m1/s1. The highest BCUT2D eigenvalue weighted by Crippen LogP contribution is 2.15. The third kappa shape index (κ3) is 4.99. The Morgan fingerprint density at radius 1 is 1.36 bits per heavy atom. The summed E-state index contributed by atoms with van der Waals surface area (Å²) < 4.78 is 28.4. The Hall–Kier alpha value is -1.60. The molecule has 1 aromatic carbocycles. The van der Waals surface area contributed by atoms with E-state index >= 15 is 0 Å². The normalized spacial score (nSPS) is 18.4. The van der Waals surface area contributed by atoms with Gasteiger partial charge in [0.15, 0.2) is 9.84 Å². The number of rotatable bonds is 6. The van der Waals surface area contributed by atoms with Gasteiger partial charge in [0.2, 0.25) is 0 Å². The summed E-state index contributed by atoms with van der Waals surface area (Å²) in [5, 5.41) is 2.31. The van der Waals surface area contributed by atoms with Crippen molar-refractivity contribution in [1.29, 1.82) is 0 Å². The van der Waals surface area contributed by atoms with Crippen LogP contribution in [0.4, 0.5) is 4.79 Å². The molecule has 0 aromatic heterocycles. The van der Waals surface area contributed by atoms with Crippen molar-refractivity contribution in [3.8, 4) is 0 Å². The van der Waals surface area contributed by atoms with Gasteiger partial charge < -0.3 is 15.0 Å². The van der Waals surface area contributed by atoms with Gasteiger partial charge in [0, 0.05) is 25.9 Å². The first-order valence-electron chi connectivity index (χ1n) is 7.30. The number of nitrogens with one attached hydrogen (secondary N) is 1. The molecule has 0 bridgehead atoms. The third-order valence-electron chi connectivity index (χ3n) is 3.67. The highest BCUT2D eigenvalue weighted by Gasteiger charge is 2.32. The molecule has 0 spiro atoms. The fraction of sp³-hybridized carbons (Fsp3) is 0.533. The zero-order chi connectivity index (χ0) is 16.0. The molecule has 22 heavy (non-hydrogen) atoms. The van der Waals surface area contributed by atoms with E-state index in [1.54, 1.807) is 4.90 Å². The zero-order valence-corrected chi connectivity index (χ0v) is 13.5. The molecular weight excluding hydrogens is 304 g/mol. The van der Waals surface area contributed by atoms with E-state index < -0.39 is 15.1 Å². The number of urea groups is 1. The second kappa shape index (κ2) is 7.60. The van der Waals surface area contributed by atoms with Crippen LogP contribution in [0, 0.1) is 0 Å². The number of likely N-dealkylation sites (tertiary alicyclic amines) is 1. The van der Waals surface area contributed by atoms with Crippen molar-refractivity contribution in [2.24, 2.45) is 0 Å². The fourth-order valence-corrected chi connectivity index (χ4v) is 3.35. The molecule has 0 aliphatic carbocycles. The number of ether oxygens (including phenoxy) is 1. The first-order valence-corrected chi connectivity index (χ1v) is 9.25. The van der Waals surface area contributed by atoms with Crippen LogP contribution in [0.3, 0.4) is 0 Å². The van der Waals surface area contributed by atoms with E-state index in [1.807, 2.05) is 30.3 Å². The van der Waals surface area contributed by atoms with Gasteiger partial charge in [0.1, 0.15) is 0 Å². The number of carbonyl (C=O) groups is 1. The van der Waals surface area contributed by atoms with Crippen LogP contribution in [0.25, 0.3) is 0 Å². The maximum Gasteiger partial charge on any atom is 0.317 e. The van der Waals surface area contributed by atoms with Gasteiger partial charge in [-0.15, -0.1) is 0 Å². The molecule has 1 fully saturated rings. The van der Waals surface area contributed by atoms with E-state index in [2.05, 4.69) is 5.32 Å². The van der Waals surface area contributed by atoms with E-state index in [0.717, 1.165) is 5.56 Å². The third-order valence-corrected chi connectivity index (χ3v) is 5.27. The van der Waals surface area contributed by atoms with Crippen LogP contribution in [0.5, 0.6) is 0 Å². The molecule has 2 amide bonds. The van der Waals surface area contributed by atoms with Gasteiger partial charge in [-0.2, -0.15) is 0 Å². The number of nitrogens with zero attached hydrogens (tertiary/aromatic N) is 1. The predicted octanol–water partition coefficient (Wildman–Crippen LogP) is 1.03. The van der Waals surface area contributed by atoms with Crippen LogP contribution >= 0.6 is 0 Å². The summed E-state index contributed by atoms with van der Waals surface area (Å²) in [6.45, 7) is 2.09. The summed E-state index contributed by atoms with van der Waals surface area (Å²) in [6, 6.07) is 9.58. The monoisotopic (exact) mass is 326 g/mol. The molecule has 0 radical (unpaired) electrons. The van der Waals surface area contributed by atoms with Crippen LogP contribution in [-0.2, 0) is 21.2 Å². The lowest BCUT2D eigenvalue weighted by Crippen LogP contribution is -2.40. The van der Waals surface area contributed by atoms with Gasteiger partial charge in [-0.1, -0.05) is 30.3 Å². The summed E-state index contributed by atoms with van der Waals surface area (Å²) in [5.41, 5.74) is 1.09. The first kappa shape index (κ1) is 16.8. The molecule has 1 heterocycles. The number of hydrogen-bond donors (Lipinski definition) is 1. The van der Waals surface area contributed by atoms with Crippen LogP contribution < -0.4 is 5.32 Å². The van der Waals surface area contributed by atoms with E-state index in [4.69, 9.17) is 4.74 Å². The van der Waals surface area contributed by atoms with E-state index in [-0.39, 0.29) is 12.6 Å². The van der Waals surface area contributed by atoms with Crippen molar-refractivity contribution in [2.75, 3.05) is 32.5 Å². The van der Waals surface area contributed by atoms with E-state index in [0.29, 0.717) is 32.7 Å². The molecule has 1 aromatic rings. The lowest BCUT2D eigenvalue weighted by atomic mass is 10.2. The largest absolute Gasteiger partial charge is 0.375 e. The molecule has 7 heteroatoms. The number of sulfone groups is 1. The lowest BCUT2D eigenvalue weighted by molar-refractivity contribution is 0.122. The fourth-order valence-electron chi connectivity index (χ4n) is 2.37. The topological polar surface area (TPSA) is 75.7 Å². The van der Waals surface area contributed by atoms with Crippen LogP contribution in [0.15, 0.2) is 30.3 Å². The zero-order valence-electron chi connectivity index (χ0n) is 12.7.